The highest BCUT2D eigenvalue weighted by molar-refractivity contribution is 5.69. The molecule has 0 aliphatic heterocycles. The van der Waals surface area contributed by atoms with Crippen LogP contribution in [0, 0.1) is 23.2 Å². The lowest BCUT2D eigenvalue weighted by Crippen LogP contribution is -2.36. The molecule has 180 valence electrons. The maximum absolute atomic E-state index is 12.1. The number of esters is 1. The predicted octanol–water partition coefficient (Wildman–Crippen LogP) is 7.30. The number of hydrogen-bond acceptors (Lipinski definition) is 3. The standard InChI is InChI=1S/C29H46O3/c1-20-12-15-24(30)19-23(20)14-13-22-10-8-18-29(6)25(16-17-26(22)29)21(2)9-7-11-27(31)32-28(3,4)5/h13-14,21,24-26,30H,1,7-12,15-19H2,2-6H3/b22-13+,23-14-/t21-,24-,25-,26+,29-/m1/s1. The fourth-order valence-electron chi connectivity index (χ4n) is 6.77. The summed E-state index contributed by atoms with van der Waals surface area (Å²) in [6, 6.07) is 0. The number of carbonyl (C=O) groups excluding carboxylic acids is 1. The maximum atomic E-state index is 12.1. The Bertz CT molecular complexity index is 753. The van der Waals surface area contributed by atoms with Crippen LogP contribution in [0.15, 0.2) is 35.5 Å². The first-order chi connectivity index (χ1) is 15.0. The Hall–Kier alpha value is -1.35. The van der Waals surface area contributed by atoms with Crippen LogP contribution in [0.25, 0.3) is 0 Å². The number of carbonyl (C=O) groups is 1. The third kappa shape index (κ3) is 6.16. The van der Waals surface area contributed by atoms with Gasteiger partial charge in [0.05, 0.1) is 6.10 Å². The van der Waals surface area contributed by atoms with E-state index in [1.807, 2.05) is 20.8 Å². The molecular weight excluding hydrogens is 396 g/mol. The van der Waals surface area contributed by atoms with Crippen LogP contribution in [0.2, 0.25) is 0 Å². The summed E-state index contributed by atoms with van der Waals surface area (Å²) in [7, 11) is 0. The molecule has 0 aromatic heterocycles. The van der Waals surface area contributed by atoms with Crippen molar-refractivity contribution in [1.29, 1.82) is 0 Å². The minimum absolute atomic E-state index is 0.0643. The van der Waals surface area contributed by atoms with Gasteiger partial charge in [0.25, 0.3) is 0 Å². The van der Waals surface area contributed by atoms with Crippen LogP contribution < -0.4 is 0 Å². The van der Waals surface area contributed by atoms with Crippen LogP contribution in [0.4, 0.5) is 0 Å². The third-order valence-corrected chi connectivity index (χ3v) is 8.37. The van der Waals surface area contributed by atoms with Gasteiger partial charge >= 0.3 is 5.97 Å². The molecule has 0 heterocycles. The van der Waals surface area contributed by atoms with Gasteiger partial charge in [0.1, 0.15) is 5.60 Å². The van der Waals surface area contributed by atoms with Crippen molar-refractivity contribution in [2.24, 2.45) is 23.2 Å². The van der Waals surface area contributed by atoms with Gasteiger partial charge in [-0.05, 0) is 114 Å². The van der Waals surface area contributed by atoms with E-state index >= 15 is 0 Å². The van der Waals surface area contributed by atoms with Crippen molar-refractivity contribution in [1.82, 2.24) is 0 Å². The Morgan fingerprint density at radius 1 is 1.25 bits per heavy atom. The summed E-state index contributed by atoms with van der Waals surface area (Å²) in [5, 5.41) is 10.1. The molecule has 3 rings (SSSR count). The molecule has 0 saturated heterocycles. The zero-order valence-electron chi connectivity index (χ0n) is 21.2. The molecule has 5 atom stereocenters. The van der Waals surface area contributed by atoms with E-state index < -0.39 is 5.60 Å². The van der Waals surface area contributed by atoms with Crippen molar-refractivity contribution in [2.75, 3.05) is 0 Å². The van der Waals surface area contributed by atoms with Crippen LogP contribution in [0.1, 0.15) is 105 Å². The van der Waals surface area contributed by atoms with E-state index in [0.717, 1.165) is 38.0 Å². The first kappa shape index (κ1) is 25.3. The zero-order valence-corrected chi connectivity index (χ0v) is 21.2. The van der Waals surface area contributed by atoms with Crippen molar-refractivity contribution < 1.29 is 14.6 Å². The quantitative estimate of drug-likeness (QED) is 0.439. The van der Waals surface area contributed by atoms with E-state index in [1.165, 1.54) is 43.3 Å². The summed E-state index contributed by atoms with van der Waals surface area (Å²) in [4.78, 5) is 12.1. The maximum Gasteiger partial charge on any atom is 0.306 e. The van der Waals surface area contributed by atoms with E-state index in [-0.39, 0.29) is 12.1 Å². The molecule has 0 spiro atoms. The SMILES string of the molecule is C=C1CC[C@@H](O)C/C1=C/C=C1\CCC[C@]2(C)[C@@H]([C@H](C)CCCC(=O)OC(C)(C)C)CC[C@@H]12. The van der Waals surface area contributed by atoms with Gasteiger partial charge in [0.2, 0.25) is 0 Å². The van der Waals surface area contributed by atoms with E-state index in [0.29, 0.717) is 23.7 Å². The summed E-state index contributed by atoms with van der Waals surface area (Å²) in [5.74, 6) is 1.98. The Balaban J connectivity index is 1.61. The van der Waals surface area contributed by atoms with Gasteiger partial charge in [-0.15, -0.1) is 0 Å². The van der Waals surface area contributed by atoms with Crippen LogP contribution in [0.5, 0.6) is 0 Å². The fourth-order valence-corrected chi connectivity index (χ4v) is 6.77. The van der Waals surface area contributed by atoms with Crippen molar-refractivity contribution in [3.63, 3.8) is 0 Å². The summed E-state index contributed by atoms with van der Waals surface area (Å²) in [6.45, 7) is 15.0. The molecule has 0 unspecified atom stereocenters. The van der Waals surface area contributed by atoms with E-state index in [9.17, 15) is 9.90 Å². The lowest BCUT2D eigenvalue weighted by Gasteiger charge is -2.44. The molecule has 32 heavy (non-hydrogen) atoms. The van der Waals surface area contributed by atoms with Crippen molar-refractivity contribution in [3.05, 3.63) is 35.5 Å². The molecule has 1 N–H and O–H groups in total. The third-order valence-electron chi connectivity index (χ3n) is 8.37. The normalized spacial score (nSPS) is 34.6. The van der Waals surface area contributed by atoms with E-state index in [4.69, 9.17) is 4.74 Å². The van der Waals surface area contributed by atoms with Gasteiger partial charge in [-0.1, -0.05) is 43.7 Å². The van der Waals surface area contributed by atoms with Gasteiger partial charge in [0.15, 0.2) is 0 Å². The molecule has 3 saturated carbocycles. The van der Waals surface area contributed by atoms with Gasteiger partial charge in [-0.3, -0.25) is 4.79 Å². The molecule has 0 aromatic carbocycles. The van der Waals surface area contributed by atoms with Crippen LogP contribution >= 0.6 is 0 Å². The molecule has 0 radical (unpaired) electrons. The smallest absolute Gasteiger partial charge is 0.306 e. The largest absolute Gasteiger partial charge is 0.460 e. The molecule has 3 fully saturated rings. The number of rotatable bonds is 6. The van der Waals surface area contributed by atoms with E-state index in [2.05, 4.69) is 32.6 Å². The summed E-state index contributed by atoms with van der Waals surface area (Å²) in [6.07, 6.45) is 15.9. The molecule has 0 amide bonds. The van der Waals surface area contributed by atoms with Crippen LogP contribution in [0.3, 0.4) is 0 Å². The Kier molecular flexibility index (Phi) is 8.12. The second-order valence-electron chi connectivity index (χ2n) is 12.0. The second-order valence-corrected chi connectivity index (χ2v) is 12.0. The molecular formula is C29H46O3. The zero-order chi connectivity index (χ0) is 23.5. The molecule has 3 heteroatoms. The Morgan fingerprint density at radius 3 is 2.72 bits per heavy atom. The average molecular weight is 443 g/mol. The monoisotopic (exact) mass is 442 g/mol. The number of fused-ring (bicyclic) bond motifs is 1. The highest BCUT2D eigenvalue weighted by Gasteiger charge is 2.50. The van der Waals surface area contributed by atoms with Gasteiger partial charge in [-0.25, -0.2) is 0 Å². The summed E-state index contributed by atoms with van der Waals surface area (Å²) in [5.41, 5.74) is 4.04. The predicted molar refractivity (Wildman–Crippen MR) is 132 cm³/mol. The summed E-state index contributed by atoms with van der Waals surface area (Å²) >= 11 is 0. The number of aliphatic hydroxyl groups excluding tert-OH is 1. The fraction of sp³-hybridized carbons (Fsp3) is 0.759. The first-order valence-corrected chi connectivity index (χ1v) is 13.0. The van der Waals surface area contributed by atoms with E-state index in [1.54, 1.807) is 5.57 Å². The molecule has 0 bridgehead atoms. The minimum Gasteiger partial charge on any atom is -0.460 e. The highest BCUT2D eigenvalue weighted by atomic mass is 16.6. The molecule has 0 aromatic rings. The van der Waals surface area contributed by atoms with Gasteiger partial charge < -0.3 is 9.84 Å². The molecule has 3 aliphatic carbocycles. The first-order valence-electron chi connectivity index (χ1n) is 13.0. The Morgan fingerprint density at radius 2 is 2.00 bits per heavy atom. The number of aliphatic hydroxyl groups is 1. The van der Waals surface area contributed by atoms with Crippen molar-refractivity contribution in [2.45, 2.75) is 117 Å². The topological polar surface area (TPSA) is 46.5 Å². The molecule has 3 aliphatic rings. The van der Waals surface area contributed by atoms with Gasteiger partial charge in [0, 0.05) is 6.42 Å². The van der Waals surface area contributed by atoms with Crippen LogP contribution in [-0.4, -0.2) is 22.8 Å². The number of allylic oxidation sites excluding steroid dienone is 4. The van der Waals surface area contributed by atoms with Crippen molar-refractivity contribution >= 4 is 5.97 Å². The number of hydrogen-bond donors (Lipinski definition) is 1. The second kappa shape index (κ2) is 10.3. The highest BCUT2D eigenvalue weighted by Crippen LogP contribution is 2.59. The minimum atomic E-state index is -0.392. The average Bonchev–Trinajstić information content (AvgIpc) is 3.04. The van der Waals surface area contributed by atoms with Crippen LogP contribution in [-0.2, 0) is 9.53 Å². The molecule has 3 nitrogen and oxygen atoms in total. The number of ether oxygens (including phenoxy) is 1. The Labute approximate surface area is 196 Å². The van der Waals surface area contributed by atoms with Crippen molar-refractivity contribution in [3.8, 4) is 0 Å². The lowest BCUT2D eigenvalue weighted by molar-refractivity contribution is -0.155. The van der Waals surface area contributed by atoms with Gasteiger partial charge in [-0.2, -0.15) is 0 Å². The summed E-state index contributed by atoms with van der Waals surface area (Å²) < 4.78 is 5.48. The lowest BCUT2D eigenvalue weighted by atomic mass is 9.60.